The van der Waals surface area contributed by atoms with E-state index in [0.717, 1.165) is 35.1 Å². The van der Waals surface area contributed by atoms with Crippen LogP contribution < -0.4 is 9.80 Å². The maximum atomic E-state index is 13.2. The molecule has 29 heavy (non-hydrogen) atoms. The predicted molar refractivity (Wildman–Crippen MR) is 127 cm³/mol. The van der Waals surface area contributed by atoms with Crippen LogP contribution in [0.2, 0.25) is 0 Å². The number of hydrogen-bond acceptors (Lipinski definition) is 4. The fraction of sp³-hybridized carbons (Fsp3) is 0.167. The number of thioether (sulfide) groups is 1. The van der Waals surface area contributed by atoms with Crippen LogP contribution >= 0.6 is 24.0 Å². The maximum absolute atomic E-state index is 13.2. The van der Waals surface area contributed by atoms with Gasteiger partial charge in [-0.15, -0.1) is 0 Å². The summed E-state index contributed by atoms with van der Waals surface area (Å²) in [7, 11) is 0. The Hall–Kier alpha value is -2.63. The monoisotopic (exact) mass is 416 g/mol. The van der Waals surface area contributed by atoms with Crippen molar-refractivity contribution in [2.24, 2.45) is 0 Å². The number of rotatable bonds is 3. The molecule has 0 saturated carbocycles. The Morgan fingerprint density at radius 3 is 2.41 bits per heavy atom. The molecule has 3 aromatic carbocycles. The quantitative estimate of drug-likeness (QED) is 0.395. The molecule has 0 unspecified atom stereocenters. The number of thiocarbonyl (C=S) groups is 1. The van der Waals surface area contributed by atoms with Gasteiger partial charge in [0.25, 0.3) is 5.91 Å². The Bertz CT molecular complexity index is 1130. The van der Waals surface area contributed by atoms with Crippen LogP contribution in [0.15, 0.2) is 71.6 Å². The molecule has 5 rings (SSSR count). The SMILES string of the molecule is O=C1/C(=C/c2ccc(N3CCCC3)cc2)SC(=S)N1c1cccc2ccccc12. The number of nitrogens with zero attached hydrogens (tertiary/aromatic N) is 2. The number of carbonyl (C=O) groups is 1. The zero-order valence-corrected chi connectivity index (χ0v) is 17.5. The van der Waals surface area contributed by atoms with Crippen molar-refractivity contribution in [2.75, 3.05) is 22.9 Å². The van der Waals surface area contributed by atoms with Crippen LogP contribution in [0.25, 0.3) is 16.8 Å². The third-order valence-electron chi connectivity index (χ3n) is 5.46. The van der Waals surface area contributed by atoms with Crippen LogP contribution in [-0.4, -0.2) is 23.3 Å². The van der Waals surface area contributed by atoms with Crippen LogP contribution in [0.5, 0.6) is 0 Å². The molecule has 1 amide bonds. The Labute approximate surface area is 180 Å². The summed E-state index contributed by atoms with van der Waals surface area (Å²) in [6.45, 7) is 2.26. The molecule has 5 heteroatoms. The Kier molecular flexibility index (Phi) is 4.86. The molecule has 144 valence electrons. The second-order valence-electron chi connectivity index (χ2n) is 7.30. The van der Waals surface area contributed by atoms with E-state index in [1.54, 1.807) is 4.90 Å². The van der Waals surface area contributed by atoms with Crippen LogP contribution in [0.4, 0.5) is 11.4 Å². The molecule has 2 heterocycles. The summed E-state index contributed by atoms with van der Waals surface area (Å²) < 4.78 is 0.575. The van der Waals surface area contributed by atoms with Crippen molar-refractivity contribution in [1.82, 2.24) is 0 Å². The molecular weight excluding hydrogens is 396 g/mol. The number of amides is 1. The number of fused-ring (bicyclic) bond motifs is 1. The molecule has 2 aliphatic rings. The van der Waals surface area contributed by atoms with Gasteiger partial charge in [0.1, 0.15) is 0 Å². The molecule has 0 bridgehead atoms. The zero-order chi connectivity index (χ0) is 19.8. The molecular formula is C24H20N2OS2. The van der Waals surface area contributed by atoms with E-state index in [9.17, 15) is 4.79 Å². The van der Waals surface area contributed by atoms with E-state index in [4.69, 9.17) is 12.2 Å². The van der Waals surface area contributed by atoms with E-state index >= 15 is 0 Å². The van der Waals surface area contributed by atoms with E-state index in [0.29, 0.717) is 9.23 Å². The lowest BCUT2D eigenvalue weighted by atomic mass is 10.1. The van der Waals surface area contributed by atoms with E-state index in [2.05, 4.69) is 29.2 Å². The van der Waals surface area contributed by atoms with Crippen molar-refractivity contribution in [3.05, 3.63) is 77.2 Å². The number of hydrogen-bond donors (Lipinski definition) is 0. The van der Waals surface area contributed by atoms with Crippen molar-refractivity contribution < 1.29 is 4.79 Å². The highest BCUT2D eigenvalue weighted by Crippen LogP contribution is 2.39. The third kappa shape index (κ3) is 3.45. The minimum atomic E-state index is -0.0556. The first-order valence-corrected chi connectivity index (χ1v) is 11.0. The number of carbonyl (C=O) groups excluding carboxylic acids is 1. The number of anilines is 2. The molecule has 0 radical (unpaired) electrons. The molecule has 2 aliphatic heterocycles. The van der Waals surface area contributed by atoms with Gasteiger partial charge in [-0.2, -0.15) is 0 Å². The van der Waals surface area contributed by atoms with Gasteiger partial charge in [0, 0.05) is 24.2 Å². The van der Waals surface area contributed by atoms with Gasteiger partial charge in [-0.05, 0) is 48.1 Å². The smallest absolute Gasteiger partial charge is 0.270 e. The number of benzene rings is 3. The summed E-state index contributed by atoms with van der Waals surface area (Å²) in [6.07, 6.45) is 4.47. The normalized spacial score (nSPS) is 18.4. The second kappa shape index (κ2) is 7.65. The van der Waals surface area contributed by atoms with E-state index in [1.165, 1.54) is 30.3 Å². The molecule has 0 aromatic heterocycles. The van der Waals surface area contributed by atoms with E-state index in [-0.39, 0.29) is 5.91 Å². The maximum Gasteiger partial charge on any atom is 0.270 e. The molecule has 0 atom stereocenters. The fourth-order valence-corrected chi connectivity index (χ4v) is 5.27. The van der Waals surface area contributed by atoms with Gasteiger partial charge in [0.2, 0.25) is 0 Å². The van der Waals surface area contributed by atoms with Crippen LogP contribution in [0, 0.1) is 0 Å². The van der Waals surface area contributed by atoms with E-state index in [1.807, 2.05) is 48.5 Å². The van der Waals surface area contributed by atoms with Crippen molar-refractivity contribution in [3.8, 4) is 0 Å². The molecule has 0 spiro atoms. The largest absolute Gasteiger partial charge is 0.372 e. The van der Waals surface area contributed by atoms with Crippen molar-refractivity contribution >= 4 is 62.4 Å². The topological polar surface area (TPSA) is 23.6 Å². The fourth-order valence-electron chi connectivity index (χ4n) is 3.99. The first-order valence-electron chi connectivity index (χ1n) is 9.81. The Morgan fingerprint density at radius 2 is 1.62 bits per heavy atom. The van der Waals surface area contributed by atoms with Gasteiger partial charge in [0.05, 0.1) is 10.6 Å². The van der Waals surface area contributed by atoms with Crippen molar-refractivity contribution in [2.45, 2.75) is 12.8 Å². The van der Waals surface area contributed by atoms with Crippen LogP contribution in [0.3, 0.4) is 0 Å². The molecule has 3 aromatic rings. The molecule has 0 N–H and O–H groups in total. The van der Waals surface area contributed by atoms with Gasteiger partial charge in [0.15, 0.2) is 4.32 Å². The lowest BCUT2D eigenvalue weighted by Gasteiger charge is -2.17. The molecule has 0 aliphatic carbocycles. The van der Waals surface area contributed by atoms with Gasteiger partial charge in [-0.1, -0.05) is 72.5 Å². The third-order valence-corrected chi connectivity index (χ3v) is 6.77. The zero-order valence-electron chi connectivity index (χ0n) is 15.9. The average Bonchev–Trinajstić information content (AvgIpc) is 3.37. The first kappa shape index (κ1) is 18.4. The average molecular weight is 417 g/mol. The highest BCUT2D eigenvalue weighted by molar-refractivity contribution is 8.27. The molecule has 3 nitrogen and oxygen atoms in total. The summed E-state index contributed by atoms with van der Waals surface area (Å²) in [6, 6.07) is 22.5. The summed E-state index contributed by atoms with van der Waals surface area (Å²) in [5.74, 6) is -0.0556. The minimum Gasteiger partial charge on any atom is -0.372 e. The molecule has 2 saturated heterocycles. The second-order valence-corrected chi connectivity index (χ2v) is 8.98. The van der Waals surface area contributed by atoms with Gasteiger partial charge in [-0.25, -0.2) is 0 Å². The highest BCUT2D eigenvalue weighted by atomic mass is 32.2. The van der Waals surface area contributed by atoms with Crippen molar-refractivity contribution in [1.29, 1.82) is 0 Å². The summed E-state index contributed by atoms with van der Waals surface area (Å²) >= 11 is 6.94. The van der Waals surface area contributed by atoms with Crippen LogP contribution in [-0.2, 0) is 4.79 Å². The highest BCUT2D eigenvalue weighted by Gasteiger charge is 2.34. The van der Waals surface area contributed by atoms with Gasteiger partial charge in [-0.3, -0.25) is 9.69 Å². The van der Waals surface area contributed by atoms with Crippen molar-refractivity contribution in [3.63, 3.8) is 0 Å². The summed E-state index contributed by atoms with van der Waals surface area (Å²) in [5, 5.41) is 2.13. The van der Waals surface area contributed by atoms with E-state index < -0.39 is 0 Å². The first-order chi connectivity index (χ1) is 14.2. The lowest BCUT2D eigenvalue weighted by molar-refractivity contribution is -0.113. The van der Waals surface area contributed by atoms with Crippen LogP contribution in [0.1, 0.15) is 18.4 Å². The standard InChI is InChI=1S/C24H20N2OS2/c27-23-22(16-17-10-12-19(13-11-17)25-14-3-4-15-25)29-24(28)26(23)21-9-5-7-18-6-1-2-8-20(18)21/h1-2,5-13,16H,3-4,14-15H2/b22-16-. The predicted octanol–water partition coefficient (Wildman–Crippen LogP) is 5.85. The molecule has 2 fully saturated rings. The Balaban J connectivity index is 1.44. The summed E-state index contributed by atoms with van der Waals surface area (Å²) in [4.78, 5) is 17.9. The Morgan fingerprint density at radius 1 is 0.897 bits per heavy atom. The lowest BCUT2D eigenvalue weighted by Crippen LogP contribution is -2.27. The summed E-state index contributed by atoms with van der Waals surface area (Å²) in [5.41, 5.74) is 3.12. The minimum absolute atomic E-state index is 0.0556. The van der Waals surface area contributed by atoms with Gasteiger partial charge >= 0.3 is 0 Å². The van der Waals surface area contributed by atoms with Gasteiger partial charge < -0.3 is 4.90 Å².